The van der Waals surface area contributed by atoms with Gasteiger partial charge in [-0.2, -0.15) is 0 Å². The average Bonchev–Trinajstić information content (AvgIpc) is 2.28. The first-order valence-electron chi connectivity index (χ1n) is 5.49. The normalized spacial score (nSPS) is 10.1. The van der Waals surface area contributed by atoms with Crippen LogP contribution >= 0.6 is 11.6 Å². The van der Waals surface area contributed by atoms with E-state index in [9.17, 15) is 14.9 Å². The van der Waals surface area contributed by atoms with Gasteiger partial charge in [-0.15, -0.1) is 0 Å². The monoisotopic (exact) mass is 271 g/mol. The molecule has 0 saturated heterocycles. The fraction of sp³-hybridized carbons (Fsp3) is 0.364. The molecule has 98 valence electrons. The number of hydrogen-bond acceptors (Lipinski definition) is 4. The largest absolute Gasteiger partial charge is 0.325 e. The standard InChI is InChI=1S/C11H14ClN3O3/c1-2-5-13-7-11(16)14-8-3-4-10(15(17)18)9(12)6-8/h3-4,6,13H,2,5,7H2,1H3,(H,14,16). The van der Waals surface area contributed by atoms with E-state index < -0.39 is 4.92 Å². The smallest absolute Gasteiger partial charge is 0.288 e. The average molecular weight is 272 g/mol. The summed E-state index contributed by atoms with van der Waals surface area (Å²) in [7, 11) is 0. The Morgan fingerprint density at radius 2 is 2.22 bits per heavy atom. The molecule has 7 heteroatoms. The van der Waals surface area contributed by atoms with Crippen LogP contribution in [0.5, 0.6) is 0 Å². The number of benzene rings is 1. The molecular formula is C11H14ClN3O3. The SMILES string of the molecule is CCCNCC(=O)Nc1ccc([N+](=O)[O-])c(Cl)c1. The van der Waals surface area contributed by atoms with Crippen LogP contribution in [-0.2, 0) is 4.79 Å². The zero-order valence-corrected chi connectivity index (χ0v) is 10.7. The lowest BCUT2D eigenvalue weighted by Crippen LogP contribution is -2.28. The van der Waals surface area contributed by atoms with E-state index in [1.165, 1.54) is 18.2 Å². The van der Waals surface area contributed by atoms with Gasteiger partial charge in [0.25, 0.3) is 5.69 Å². The van der Waals surface area contributed by atoms with Crippen molar-refractivity contribution in [2.45, 2.75) is 13.3 Å². The fourth-order valence-electron chi connectivity index (χ4n) is 1.32. The van der Waals surface area contributed by atoms with E-state index in [1.54, 1.807) is 0 Å². The Morgan fingerprint density at radius 1 is 1.50 bits per heavy atom. The van der Waals surface area contributed by atoms with Gasteiger partial charge in [0.15, 0.2) is 0 Å². The third-order valence-corrected chi connectivity index (χ3v) is 2.44. The molecule has 1 aromatic carbocycles. The van der Waals surface area contributed by atoms with Crippen molar-refractivity contribution in [2.24, 2.45) is 0 Å². The van der Waals surface area contributed by atoms with Gasteiger partial charge >= 0.3 is 0 Å². The molecule has 0 unspecified atom stereocenters. The number of nitro groups is 1. The lowest BCUT2D eigenvalue weighted by molar-refractivity contribution is -0.384. The first kappa shape index (κ1) is 14.4. The quantitative estimate of drug-likeness (QED) is 0.472. The van der Waals surface area contributed by atoms with Gasteiger partial charge in [-0.3, -0.25) is 14.9 Å². The number of amides is 1. The van der Waals surface area contributed by atoms with Crippen LogP contribution in [0.4, 0.5) is 11.4 Å². The number of nitrogens with zero attached hydrogens (tertiary/aromatic N) is 1. The number of hydrogen-bond donors (Lipinski definition) is 2. The van der Waals surface area contributed by atoms with Crippen LogP contribution in [0.15, 0.2) is 18.2 Å². The van der Waals surface area contributed by atoms with Crippen molar-refractivity contribution in [2.75, 3.05) is 18.4 Å². The first-order chi connectivity index (χ1) is 8.54. The lowest BCUT2D eigenvalue weighted by Gasteiger charge is -2.06. The molecule has 0 aliphatic rings. The molecule has 1 aromatic rings. The molecule has 0 aromatic heterocycles. The maximum absolute atomic E-state index is 11.5. The van der Waals surface area contributed by atoms with Crippen LogP contribution in [0.1, 0.15) is 13.3 Å². The number of halogens is 1. The van der Waals surface area contributed by atoms with Gasteiger partial charge < -0.3 is 10.6 Å². The van der Waals surface area contributed by atoms with Gasteiger partial charge in [0.2, 0.25) is 5.91 Å². The molecule has 0 atom stereocenters. The van der Waals surface area contributed by atoms with Gasteiger partial charge in [-0.05, 0) is 25.1 Å². The third-order valence-electron chi connectivity index (χ3n) is 2.14. The van der Waals surface area contributed by atoms with Crippen molar-refractivity contribution in [1.29, 1.82) is 0 Å². The van der Waals surface area contributed by atoms with Crippen LogP contribution < -0.4 is 10.6 Å². The maximum Gasteiger partial charge on any atom is 0.288 e. The van der Waals surface area contributed by atoms with Gasteiger partial charge in [-0.1, -0.05) is 18.5 Å². The van der Waals surface area contributed by atoms with E-state index in [1.807, 2.05) is 6.92 Å². The summed E-state index contributed by atoms with van der Waals surface area (Å²) in [6.45, 7) is 2.96. The Morgan fingerprint density at radius 3 is 2.78 bits per heavy atom. The molecule has 0 aliphatic heterocycles. The molecule has 0 aliphatic carbocycles. The number of nitrogens with one attached hydrogen (secondary N) is 2. The zero-order chi connectivity index (χ0) is 13.5. The fourth-order valence-corrected chi connectivity index (χ4v) is 1.57. The van der Waals surface area contributed by atoms with Crippen LogP contribution in [-0.4, -0.2) is 23.9 Å². The van der Waals surface area contributed by atoms with E-state index in [0.717, 1.165) is 13.0 Å². The molecule has 2 N–H and O–H groups in total. The summed E-state index contributed by atoms with van der Waals surface area (Å²) in [5.74, 6) is -0.214. The Hall–Kier alpha value is -1.66. The number of nitro benzene ring substituents is 1. The van der Waals surface area contributed by atoms with Crippen LogP contribution in [0.25, 0.3) is 0 Å². The summed E-state index contributed by atoms with van der Waals surface area (Å²) >= 11 is 5.73. The van der Waals surface area contributed by atoms with Crippen molar-refractivity contribution in [1.82, 2.24) is 5.32 Å². The number of carbonyl (C=O) groups excluding carboxylic acids is 1. The van der Waals surface area contributed by atoms with Crippen molar-refractivity contribution in [3.63, 3.8) is 0 Å². The highest BCUT2D eigenvalue weighted by molar-refractivity contribution is 6.33. The van der Waals surface area contributed by atoms with Crippen molar-refractivity contribution in [3.05, 3.63) is 33.3 Å². The predicted octanol–water partition coefficient (Wildman–Crippen LogP) is 2.19. The van der Waals surface area contributed by atoms with Gasteiger partial charge in [0, 0.05) is 11.8 Å². The summed E-state index contributed by atoms with van der Waals surface area (Å²) in [4.78, 5) is 21.4. The molecule has 0 saturated carbocycles. The molecular weight excluding hydrogens is 258 g/mol. The highest BCUT2D eigenvalue weighted by Gasteiger charge is 2.12. The molecule has 0 bridgehead atoms. The number of rotatable bonds is 6. The Labute approximate surface area is 109 Å². The highest BCUT2D eigenvalue weighted by Crippen LogP contribution is 2.26. The Kier molecular flexibility index (Phi) is 5.54. The lowest BCUT2D eigenvalue weighted by atomic mass is 10.3. The van der Waals surface area contributed by atoms with Crippen molar-refractivity contribution < 1.29 is 9.72 Å². The first-order valence-corrected chi connectivity index (χ1v) is 5.87. The second-order valence-corrected chi connectivity index (χ2v) is 4.06. The second-order valence-electron chi connectivity index (χ2n) is 3.65. The minimum Gasteiger partial charge on any atom is -0.325 e. The predicted molar refractivity (Wildman–Crippen MR) is 69.9 cm³/mol. The molecule has 0 heterocycles. The Balaban J connectivity index is 2.60. The topological polar surface area (TPSA) is 84.3 Å². The van der Waals surface area contributed by atoms with Crippen molar-refractivity contribution in [3.8, 4) is 0 Å². The molecule has 6 nitrogen and oxygen atoms in total. The minimum absolute atomic E-state index is 0.000632. The molecule has 18 heavy (non-hydrogen) atoms. The van der Waals surface area contributed by atoms with E-state index in [0.29, 0.717) is 5.69 Å². The minimum atomic E-state index is -0.573. The second kappa shape index (κ2) is 6.93. The summed E-state index contributed by atoms with van der Waals surface area (Å²) in [6.07, 6.45) is 0.941. The third kappa shape index (κ3) is 4.31. The van der Waals surface area contributed by atoms with E-state index in [-0.39, 0.29) is 23.2 Å². The van der Waals surface area contributed by atoms with Crippen LogP contribution in [0.3, 0.4) is 0 Å². The molecule has 1 amide bonds. The van der Waals surface area contributed by atoms with Crippen molar-refractivity contribution >= 4 is 28.9 Å². The van der Waals surface area contributed by atoms with E-state index >= 15 is 0 Å². The van der Waals surface area contributed by atoms with Crippen LogP contribution in [0, 0.1) is 10.1 Å². The maximum atomic E-state index is 11.5. The van der Waals surface area contributed by atoms with E-state index in [4.69, 9.17) is 11.6 Å². The molecule has 0 radical (unpaired) electrons. The summed E-state index contributed by atoms with van der Waals surface area (Å²) in [5.41, 5.74) is 0.257. The summed E-state index contributed by atoms with van der Waals surface area (Å²) in [6, 6.07) is 4.07. The molecule has 0 spiro atoms. The summed E-state index contributed by atoms with van der Waals surface area (Å²) in [5, 5.41) is 16.1. The number of carbonyl (C=O) groups is 1. The van der Waals surface area contributed by atoms with E-state index in [2.05, 4.69) is 10.6 Å². The highest BCUT2D eigenvalue weighted by atomic mass is 35.5. The van der Waals surface area contributed by atoms with Gasteiger partial charge in [0.05, 0.1) is 11.5 Å². The zero-order valence-electron chi connectivity index (χ0n) is 9.90. The summed E-state index contributed by atoms with van der Waals surface area (Å²) < 4.78 is 0. The molecule has 1 rings (SSSR count). The molecule has 0 fully saturated rings. The van der Waals surface area contributed by atoms with Gasteiger partial charge in [-0.25, -0.2) is 0 Å². The number of anilines is 1. The van der Waals surface area contributed by atoms with Crippen LogP contribution in [0.2, 0.25) is 5.02 Å². The Bertz CT molecular complexity index is 451. The van der Waals surface area contributed by atoms with Gasteiger partial charge in [0.1, 0.15) is 5.02 Å².